The van der Waals surface area contributed by atoms with Gasteiger partial charge in [0, 0.05) is 5.88 Å². The van der Waals surface area contributed by atoms with E-state index in [0.29, 0.717) is 29.0 Å². The van der Waals surface area contributed by atoms with Crippen LogP contribution >= 0.6 is 19.1 Å². The minimum absolute atomic E-state index is 0.201. The normalized spacial score (nSPS) is 21.0. The lowest BCUT2D eigenvalue weighted by atomic mass is 10.0. The predicted molar refractivity (Wildman–Crippen MR) is 101 cm³/mol. The fourth-order valence-corrected chi connectivity index (χ4v) is 5.82. The molecule has 0 saturated carbocycles. The first-order valence-corrected chi connectivity index (χ1v) is 10.4. The molecule has 2 aromatic carbocycles. The number of amides is 1. The average molecular weight is 378 g/mol. The first kappa shape index (κ1) is 18.0. The Morgan fingerprint density at radius 1 is 1.08 bits per heavy atom. The van der Waals surface area contributed by atoms with Gasteiger partial charge < -0.3 is 4.52 Å². The average Bonchev–Trinajstić information content (AvgIpc) is 2.61. The van der Waals surface area contributed by atoms with Crippen LogP contribution in [0.5, 0.6) is 5.75 Å². The van der Waals surface area contributed by atoms with E-state index in [-0.39, 0.29) is 17.8 Å². The summed E-state index contributed by atoms with van der Waals surface area (Å²) >= 11 is 6.18. The smallest absolute Gasteiger partial charge is 0.377 e. The summed E-state index contributed by atoms with van der Waals surface area (Å²) in [4.78, 5) is 13.2. The van der Waals surface area contributed by atoms with Crippen molar-refractivity contribution < 1.29 is 13.9 Å². The molecule has 2 atom stereocenters. The summed E-state index contributed by atoms with van der Waals surface area (Å²) in [7, 11) is -3.59. The van der Waals surface area contributed by atoms with E-state index in [1.165, 1.54) is 4.67 Å². The quantitative estimate of drug-likeness (QED) is 0.560. The monoisotopic (exact) mass is 377 g/mol. The van der Waals surface area contributed by atoms with Gasteiger partial charge in [-0.1, -0.05) is 44.2 Å². The molecule has 0 radical (unpaired) electrons. The van der Waals surface area contributed by atoms with E-state index in [0.717, 1.165) is 0 Å². The van der Waals surface area contributed by atoms with E-state index in [4.69, 9.17) is 16.1 Å². The van der Waals surface area contributed by atoms with Crippen LogP contribution < -0.4 is 9.83 Å². The van der Waals surface area contributed by atoms with Crippen LogP contribution in [-0.4, -0.2) is 22.5 Å². The van der Waals surface area contributed by atoms with Gasteiger partial charge in [0.25, 0.3) is 5.91 Å². The standard InChI is InChI=1S/C19H21ClNO3P/c1-14(2)12-15(13-20)21-19(22)17-10-6-7-11-18(17)24-25(21,23)16-8-4-3-5-9-16/h3-11,14-15H,12-13H2,1-2H3/t15-,25?/m0/s1. The Bertz CT molecular complexity index is 809. The van der Waals surface area contributed by atoms with Crippen LogP contribution in [-0.2, 0) is 4.57 Å². The lowest BCUT2D eigenvalue weighted by Gasteiger charge is -2.40. The van der Waals surface area contributed by atoms with Crippen LogP contribution in [0.15, 0.2) is 54.6 Å². The number of hydrogen-bond donors (Lipinski definition) is 0. The van der Waals surface area contributed by atoms with Crippen molar-refractivity contribution in [1.82, 2.24) is 4.67 Å². The van der Waals surface area contributed by atoms with Gasteiger partial charge in [0.05, 0.1) is 16.9 Å². The van der Waals surface area contributed by atoms with E-state index in [9.17, 15) is 9.36 Å². The molecule has 25 heavy (non-hydrogen) atoms. The highest BCUT2D eigenvalue weighted by atomic mass is 35.5. The molecule has 0 saturated heterocycles. The third-order valence-electron chi connectivity index (χ3n) is 4.18. The first-order valence-electron chi connectivity index (χ1n) is 8.31. The second kappa shape index (κ2) is 7.23. The summed E-state index contributed by atoms with van der Waals surface area (Å²) in [6.07, 6.45) is 0.650. The number of nitrogens with zero attached hydrogens (tertiary/aromatic N) is 1. The minimum Gasteiger partial charge on any atom is -0.425 e. The maximum atomic E-state index is 13.9. The summed E-state index contributed by atoms with van der Waals surface area (Å²) < 4.78 is 21.3. The molecule has 3 rings (SSSR count). The van der Waals surface area contributed by atoms with Crippen molar-refractivity contribution in [1.29, 1.82) is 0 Å². The van der Waals surface area contributed by atoms with Gasteiger partial charge in [-0.3, -0.25) is 9.46 Å². The molecule has 132 valence electrons. The highest BCUT2D eigenvalue weighted by Crippen LogP contribution is 2.56. The van der Waals surface area contributed by atoms with Gasteiger partial charge >= 0.3 is 7.52 Å². The maximum absolute atomic E-state index is 13.9. The Morgan fingerprint density at radius 3 is 2.36 bits per heavy atom. The van der Waals surface area contributed by atoms with Crippen molar-refractivity contribution in [3.05, 3.63) is 60.2 Å². The lowest BCUT2D eigenvalue weighted by Crippen LogP contribution is -2.45. The van der Waals surface area contributed by atoms with Gasteiger partial charge in [-0.25, -0.2) is 4.57 Å². The second-order valence-electron chi connectivity index (χ2n) is 6.53. The molecule has 1 amide bonds. The van der Waals surface area contributed by atoms with Crippen LogP contribution in [0.1, 0.15) is 30.6 Å². The number of para-hydroxylation sites is 1. The highest BCUT2D eigenvalue weighted by Gasteiger charge is 2.47. The number of rotatable bonds is 5. The number of carbonyl (C=O) groups is 1. The van der Waals surface area contributed by atoms with Gasteiger partial charge in [-0.05, 0) is 36.6 Å². The number of alkyl halides is 1. The van der Waals surface area contributed by atoms with Gasteiger partial charge in [0.2, 0.25) is 0 Å². The molecule has 1 aliphatic rings. The molecule has 0 aromatic heterocycles. The molecule has 0 N–H and O–H groups in total. The Balaban J connectivity index is 2.16. The van der Waals surface area contributed by atoms with Crippen molar-refractivity contribution in [3.63, 3.8) is 0 Å². The topological polar surface area (TPSA) is 46.6 Å². The number of benzene rings is 2. The molecule has 6 heteroatoms. The summed E-state index contributed by atoms with van der Waals surface area (Å²) in [5.41, 5.74) is 0.420. The third kappa shape index (κ3) is 3.33. The SMILES string of the molecule is CC(C)C[C@@H](CCl)N1C(=O)c2ccccc2OP1(=O)c1ccccc1. The molecule has 1 aliphatic heterocycles. The Morgan fingerprint density at radius 2 is 1.72 bits per heavy atom. The number of halogens is 1. The van der Waals surface area contributed by atoms with E-state index in [1.807, 2.05) is 6.07 Å². The zero-order valence-corrected chi connectivity index (χ0v) is 15.9. The lowest BCUT2D eigenvalue weighted by molar-refractivity contribution is 0.0788. The van der Waals surface area contributed by atoms with Gasteiger partial charge in [0.1, 0.15) is 5.75 Å². The van der Waals surface area contributed by atoms with Crippen LogP contribution in [0.2, 0.25) is 0 Å². The van der Waals surface area contributed by atoms with E-state index >= 15 is 0 Å². The fraction of sp³-hybridized carbons (Fsp3) is 0.316. The number of hydrogen-bond acceptors (Lipinski definition) is 3. The van der Waals surface area contributed by atoms with E-state index in [2.05, 4.69) is 13.8 Å². The fourth-order valence-electron chi connectivity index (χ4n) is 3.09. The molecule has 1 unspecified atom stereocenters. The Hall–Kier alpha value is -1.77. The minimum atomic E-state index is -3.59. The van der Waals surface area contributed by atoms with Crippen molar-refractivity contribution >= 4 is 30.3 Å². The number of carbonyl (C=O) groups excluding carboxylic acids is 1. The van der Waals surface area contributed by atoms with E-state index in [1.54, 1.807) is 48.5 Å². The molecular formula is C19H21ClNO3P. The van der Waals surface area contributed by atoms with Gasteiger partial charge in [0.15, 0.2) is 0 Å². The molecule has 0 spiro atoms. The van der Waals surface area contributed by atoms with Crippen LogP contribution in [0.25, 0.3) is 0 Å². The van der Waals surface area contributed by atoms with Crippen LogP contribution in [0, 0.1) is 5.92 Å². The van der Waals surface area contributed by atoms with Crippen LogP contribution in [0.4, 0.5) is 0 Å². The molecule has 4 nitrogen and oxygen atoms in total. The molecule has 0 bridgehead atoms. The Kier molecular flexibility index (Phi) is 5.21. The number of fused-ring (bicyclic) bond motifs is 1. The maximum Gasteiger partial charge on any atom is 0.377 e. The zero-order chi connectivity index (χ0) is 18.0. The van der Waals surface area contributed by atoms with Crippen molar-refractivity contribution in [2.75, 3.05) is 5.88 Å². The zero-order valence-electron chi connectivity index (χ0n) is 14.3. The predicted octanol–water partition coefficient (Wildman–Crippen LogP) is 4.69. The molecule has 0 fully saturated rings. The first-order chi connectivity index (χ1) is 12.0. The van der Waals surface area contributed by atoms with Crippen molar-refractivity contribution in [2.24, 2.45) is 5.92 Å². The summed E-state index contributed by atoms with van der Waals surface area (Å²) in [6.45, 7) is 4.10. The molecule has 0 aliphatic carbocycles. The molecule has 2 aromatic rings. The summed E-state index contributed by atoms with van der Waals surface area (Å²) in [6, 6.07) is 15.4. The summed E-state index contributed by atoms with van der Waals surface area (Å²) in [5, 5.41) is 0.497. The second-order valence-corrected chi connectivity index (χ2v) is 9.01. The van der Waals surface area contributed by atoms with Crippen LogP contribution in [0.3, 0.4) is 0 Å². The molecule has 1 heterocycles. The Labute approximate surface area is 153 Å². The van der Waals surface area contributed by atoms with Gasteiger partial charge in [-0.15, -0.1) is 11.6 Å². The highest BCUT2D eigenvalue weighted by molar-refractivity contribution is 7.65. The van der Waals surface area contributed by atoms with Crippen molar-refractivity contribution in [3.8, 4) is 5.75 Å². The summed E-state index contributed by atoms with van der Waals surface area (Å²) in [5.74, 6) is 0.568. The molecular weight excluding hydrogens is 357 g/mol. The third-order valence-corrected chi connectivity index (χ3v) is 7.01. The van der Waals surface area contributed by atoms with E-state index < -0.39 is 7.52 Å². The van der Waals surface area contributed by atoms with Gasteiger partial charge in [-0.2, -0.15) is 0 Å². The largest absolute Gasteiger partial charge is 0.425 e. The van der Waals surface area contributed by atoms with Crippen molar-refractivity contribution in [2.45, 2.75) is 26.3 Å².